The topological polar surface area (TPSA) is 20.2 Å². The molecule has 0 aliphatic rings. The molecule has 0 saturated carbocycles. The number of hydrogen-bond donors (Lipinski definition) is 1. The van der Waals surface area contributed by atoms with E-state index in [9.17, 15) is 5.11 Å². The zero-order chi connectivity index (χ0) is 25.4. The Bertz CT molecular complexity index is 1270. The van der Waals surface area contributed by atoms with Crippen LogP contribution >= 0.6 is 31.9 Å². The number of hydrogen-bond acceptors (Lipinski definition) is 1. The molecule has 35 heavy (non-hydrogen) atoms. The third-order valence-electron chi connectivity index (χ3n) is 6.02. The fraction of sp³-hybridized carbons (Fsp3) is 0.125. The summed E-state index contributed by atoms with van der Waals surface area (Å²) in [6.45, 7) is 12.6. The van der Waals surface area contributed by atoms with Crippen LogP contribution in [0.1, 0.15) is 25.0 Å². The SMILES string of the molecule is C=C(/C(Br)=C\C(=C)C(O)(c1ccccc1-c1ccccc1)C(C)C=C(Br)/C=C\C)c1ccccc1. The highest BCUT2D eigenvalue weighted by atomic mass is 79.9. The molecule has 0 spiro atoms. The first-order chi connectivity index (χ1) is 16.8. The third-order valence-corrected chi connectivity index (χ3v) is 7.25. The standard InChI is InChI=1S/C32H30Br2O/c1-5-14-28(33)21-23(2)32(35,24(3)22-31(34)25(4)26-15-8-6-9-16-26)30-20-13-12-19-29(30)27-17-10-7-11-18-27/h5-23,35H,3-4H2,1-2H3/b14-5-,28-21?,31-22+. The van der Waals surface area contributed by atoms with Crippen molar-refractivity contribution >= 4 is 37.4 Å². The van der Waals surface area contributed by atoms with Gasteiger partial charge in [-0.3, -0.25) is 0 Å². The lowest BCUT2D eigenvalue weighted by Gasteiger charge is -2.36. The largest absolute Gasteiger partial charge is 0.380 e. The van der Waals surface area contributed by atoms with Crippen LogP contribution in [-0.2, 0) is 5.60 Å². The molecule has 0 amide bonds. The van der Waals surface area contributed by atoms with Gasteiger partial charge in [0.2, 0.25) is 0 Å². The van der Waals surface area contributed by atoms with Gasteiger partial charge in [0.05, 0.1) is 0 Å². The molecular formula is C32H30Br2O. The molecule has 3 heteroatoms. The van der Waals surface area contributed by atoms with E-state index in [2.05, 4.69) is 57.2 Å². The number of aliphatic hydroxyl groups is 1. The Morgan fingerprint density at radius 2 is 1.46 bits per heavy atom. The van der Waals surface area contributed by atoms with Crippen molar-refractivity contribution in [1.82, 2.24) is 0 Å². The Morgan fingerprint density at radius 3 is 2.09 bits per heavy atom. The quantitative estimate of drug-likeness (QED) is 0.246. The van der Waals surface area contributed by atoms with Gasteiger partial charge in [-0.15, -0.1) is 0 Å². The molecule has 0 aliphatic carbocycles. The van der Waals surface area contributed by atoms with Crippen LogP contribution in [0.5, 0.6) is 0 Å². The Kier molecular flexibility index (Phi) is 9.45. The van der Waals surface area contributed by atoms with Gasteiger partial charge in [-0.05, 0) is 46.4 Å². The Labute approximate surface area is 226 Å². The van der Waals surface area contributed by atoms with Crippen molar-refractivity contribution in [1.29, 1.82) is 0 Å². The van der Waals surface area contributed by atoms with Gasteiger partial charge in [-0.25, -0.2) is 0 Å². The van der Waals surface area contributed by atoms with Gasteiger partial charge in [0, 0.05) is 14.9 Å². The van der Waals surface area contributed by atoms with Crippen LogP contribution in [0.4, 0.5) is 0 Å². The maximum atomic E-state index is 12.5. The molecule has 0 aromatic heterocycles. The summed E-state index contributed by atoms with van der Waals surface area (Å²) in [5.74, 6) is -0.299. The van der Waals surface area contributed by atoms with Crippen LogP contribution < -0.4 is 0 Å². The first kappa shape index (κ1) is 26.9. The van der Waals surface area contributed by atoms with Crippen molar-refractivity contribution in [3.05, 3.63) is 148 Å². The van der Waals surface area contributed by atoms with E-state index in [4.69, 9.17) is 0 Å². The molecule has 0 heterocycles. The van der Waals surface area contributed by atoms with E-state index < -0.39 is 5.60 Å². The summed E-state index contributed by atoms with van der Waals surface area (Å²) in [5, 5.41) is 12.5. The number of allylic oxidation sites excluding steroid dienone is 5. The average Bonchev–Trinajstić information content (AvgIpc) is 2.88. The van der Waals surface area contributed by atoms with Gasteiger partial charge < -0.3 is 5.11 Å². The molecule has 0 bridgehead atoms. The van der Waals surface area contributed by atoms with E-state index >= 15 is 0 Å². The van der Waals surface area contributed by atoms with E-state index in [1.165, 1.54) is 0 Å². The van der Waals surface area contributed by atoms with Gasteiger partial charge in [-0.1, -0.05) is 155 Å². The van der Waals surface area contributed by atoms with Crippen LogP contribution in [0.2, 0.25) is 0 Å². The second-order valence-corrected chi connectivity index (χ2v) is 10.2. The molecule has 0 fully saturated rings. The van der Waals surface area contributed by atoms with Crippen molar-refractivity contribution in [3.63, 3.8) is 0 Å². The summed E-state index contributed by atoms with van der Waals surface area (Å²) < 4.78 is 1.67. The van der Waals surface area contributed by atoms with E-state index in [0.717, 1.165) is 36.8 Å². The molecule has 2 unspecified atom stereocenters. The summed E-state index contributed by atoms with van der Waals surface area (Å²) >= 11 is 7.30. The van der Waals surface area contributed by atoms with Crippen LogP contribution in [0.25, 0.3) is 16.7 Å². The van der Waals surface area contributed by atoms with Crippen molar-refractivity contribution in [2.75, 3.05) is 0 Å². The number of rotatable bonds is 9. The highest BCUT2D eigenvalue weighted by Gasteiger charge is 2.39. The second-order valence-electron chi connectivity index (χ2n) is 8.38. The van der Waals surface area contributed by atoms with Crippen LogP contribution in [0.15, 0.2) is 137 Å². The average molecular weight is 590 g/mol. The summed E-state index contributed by atoms with van der Waals surface area (Å²) in [7, 11) is 0. The maximum absolute atomic E-state index is 12.5. The number of benzene rings is 3. The molecule has 2 atom stereocenters. The molecule has 1 nitrogen and oxygen atoms in total. The minimum atomic E-state index is -1.39. The molecule has 3 aromatic carbocycles. The normalized spacial score (nSPS) is 15.0. The summed E-state index contributed by atoms with van der Waals surface area (Å²) in [6, 6.07) is 28.1. The first-order valence-electron chi connectivity index (χ1n) is 11.5. The minimum Gasteiger partial charge on any atom is -0.380 e. The van der Waals surface area contributed by atoms with Crippen molar-refractivity contribution in [2.24, 2.45) is 5.92 Å². The van der Waals surface area contributed by atoms with E-state index in [1.807, 2.05) is 111 Å². The smallest absolute Gasteiger partial charge is 0.121 e. The molecule has 178 valence electrons. The van der Waals surface area contributed by atoms with E-state index in [1.54, 1.807) is 0 Å². The predicted octanol–water partition coefficient (Wildman–Crippen LogP) is 9.58. The van der Waals surface area contributed by atoms with Crippen molar-refractivity contribution < 1.29 is 5.11 Å². The predicted molar refractivity (Wildman–Crippen MR) is 158 cm³/mol. The fourth-order valence-corrected chi connectivity index (χ4v) is 5.26. The van der Waals surface area contributed by atoms with Crippen LogP contribution in [-0.4, -0.2) is 5.11 Å². The zero-order valence-corrected chi connectivity index (χ0v) is 23.3. The third kappa shape index (κ3) is 6.29. The van der Waals surface area contributed by atoms with E-state index in [0.29, 0.717) is 5.57 Å². The van der Waals surface area contributed by atoms with Gasteiger partial charge in [0.25, 0.3) is 0 Å². The van der Waals surface area contributed by atoms with Crippen LogP contribution in [0, 0.1) is 5.92 Å². The molecule has 1 N–H and O–H groups in total. The molecule has 0 saturated heterocycles. The Hall–Kier alpha value is -2.72. The molecule has 3 aromatic rings. The highest BCUT2D eigenvalue weighted by Crippen LogP contribution is 2.44. The maximum Gasteiger partial charge on any atom is 0.121 e. The Balaban J connectivity index is 2.16. The van der Waals surface area contributed by atoms with Crippen molar-refractivity contribution in [3.8, 4) is 11.1 Å². The second kappa shape index (κ2) is 12.3. The lowest BCUT2D eigenvalue weighted by Crippen LogP contribution is -2.35. The first-order valence-corrected chi connectivity index (χ1v) is 13.1. The molecule has 0 aliphatic heterocycles. The van der Waals surface area contributed by atoms with Gasteiger partial charge >= 0.3 is 0 Å². The highest BCUT2D eigenvalue weighted by molar-refractivity contribution is 9.12. The van der Waals surface area contributed by atoms with Crippen molar-refractivity contribution in [2.45, 2.75) is 19.4 Å². The van der Waals surface area contributed by atoms with E-state index in [-0.39, 0.29) is 5.92 Å². The molecular weight excluding hydrogens is 560 g/mol. The minimum absolute atomic E-state index is 0.299. The summed E-state index contributed by atoms with van der Waals surface area (Å²) in [6.07, 6.45) is 7.82. The van der Waals surface area contributed by atoms with Gasteiger partial charge in [-0.2, -0.15) is 0 Å². The lowest BCUT2D eigenvalue weighted by atomic mass is 9.74. The number of halogens is 2. The monoisotopic (exact) mass is 588 g/mol. The Morgan fingerprint density at radius 1 is 0.886 bits per heavy atom. The fourth-order valence-electron chi connectivity index (χ4n) is 4.10. The van der Waals surface area contributed by atoms with Gasteiger partial charge in [0.15, 0.2) is 0 Å². The molecule has 0 radical (unpaired) electrons. The van der Waals surface area contributed by atoms with Gasteiger partial charge in [0.1, 0.15) is 5.60 Å². The summed E-state index contributed by atoms with van der Waals surface area (Å²) in [5.41, 5.74) is 3.80. The summed E-state index contributed by atoms with van der Waals surface area (Å²) in [4.78, 5) is 0. The zero-order valence-electron chi connectivity index (χ0n) is 20.1. The molecule has 3 rings (SSSR count). The lowest BCUT2D eigenvalue weighted by molar-refractivity contribution is 0.0436. The van der Waals surface area contributed by atoms with Crippen LogP contribution in [0.3, 0.4) is 0 Å².